The van der Waals surface area contributed by atoms with E-state index in [0.717, 1.165) is 6.08 Å². The Labute approximate surface area is 65.7 Å². The number of carbonyl (C=O) groups is 2. The Morgan fingerprint density at radius 1 is 1.73 bits per heavy atom. The number of likely N-dealkylation sites (N-methyl/N-ethyl adjacent to an activating group) is 1. The third-order valence-corrected chi connectivity index (χ3v) is 1.02. The van der Waals surface area contributed by atoms with E-state index in [1.807, 2.05) is 0 Å². The van der Waals surface area contributed by atoms with E-state index in [4.69, 9.17) is 6.42 Å². The fourth-order valence-corrected chi connectivity index (χ4v) is 0.464. The Morgan fingerprint density at radius 2 is 2.36 bits per heavy atom. The lowest BCUT2D eigenvalue weighted by Crippen LogP contribution is -2.24. The maximum atomic E-state index is 10.9. The number of amides is 1. The lowest BCUT2D eigenvalue weighted by molar-refractivity contribution is -0.124. The number of terminal acetylenes is 1. The molecule has 0 rings (SSSR count). The van der Waals surface area contributed by atoms with Crippen LogP contribution in [0, 0.1) is 12.3 Å². The summed E-state index contributed by atoms with van der Waals surface area (Å²) in [4.78, 5) is 22.0. The van der Waals surface area contributed by atoms with Crippen LogP contribution in [0.4, 0.5) is 0 Å². The molecule has 58 valence electrons. The first-order valence-electron chi connectivity index (χ1n) is 3.02. The quantitative estimate of drug-likeness (QED) is 0.319. The van der Waals surface area contributed by atoms with E-state index >= 15 is 0 Å². The van der Waals surface area contributed by atoms with Gasteiger partial charge in [0.05, 0.1) is 6.54 Å². The number of carbonyl (C=O) groups excluding carboxylic acids is 2. The summed E-state index contributed by atoms with van der Waals surface area (Å²) in [5.74, 6) is 2.04. The highest BCUT2D eigenvalue weighted by Crippen LogP contribution is 1.84. The van der Waals surface area contributed by atoms with Gasteiger partial charge < -0.3 is 4.90 Å². The van der Waals surface area contributed by atoms with Crippen molar-refractivity contribution in [1.82, 2.24) is 4.90 Å². The van der Waals surface area contributed by atoms with Crippen molar-refractivity contribution >= 4 is 12.2 Å². The Bertz CT molecular complexity index is 213. The zero-order valence-corrected chi connectivity index (χ0v) is 6.28. The van der Waals surface area contributed by atoms with Crippen LogP contribution in [-0.2, 0) is 9.59 Å². The molecule has 0 aliphatic heterocycles. The summed E-state index contributed by atoms with van der Waals surface area (Å²) in [5.41, 5.74) is 0. The van der Waals surface area contributed by atoms with Gasteiger partial charge >= 0.3 is 0 Å². The van der Waals surface area contributed by atoms with Crippen LogP contribution in [0.1, 0.15) is 0 Å². The summed E-state index contributed by atoms with van der Waals surface area (Å²) >= 11 is 0. The SMILES string of the molecule is C#CCN(C)C(=O)/C=C\C=O. The fourth-order valence-electron chi connectivity index (χ4n) is 0.464. The third kappa shape index (κ3) is 3.93. The first-order valence-corrected chi connectivity index (χ1v) is 3.02. The summed E-state index contributed by atoms with van der Waals surface area (Å²) in [6, 6.07) is 0. The molecule has 0 fully saturated rings. The Kier molecular flexibility index (Phi) is 4.50. The Morgan fingerprint density at radius 3 is 2.82 bits per heavy atom. The van der Waals surface area contributed by atoms with Crippen molar-refractivity contribution < 1.29 is 9.59 Å². The van der Waals surface area contributed by atoms with Crippen LogP contribution in [0.25, 0.3) is 0 Å². The largest absolute Gasteiger partial charge is 0.331 e. The van der Waals surface area contributed by atoms with Crippen molar-refractivity contribution in [3.63, 3.8) is 0 Å². The van der Waals surface area contributed by atoms with Crippen LogP contribution in [0.15, 0.2) is 12.2 Å². The van der Waals surface area contributed by atoms with Gasteiger partial charge in [-0.25, -0.2) is 0 Å². The van der Waals surface area contributed by atoms with Gasteiger partial charge in [0.2, 0.25) is 5.91 Å². The molecule has 3 nitrogen and oxygen atoms in total. The minimum absolute atomic E-state index is 0.252. The molecule has 0 aromatic rings. The molecule has 0 spiro atoms. The lowest BCUT2D eigenvalue weighted by Gasteiger charge is -2.09. The molecule has 0 aliphatic rings. The van der Waals surface area contributed by atoms with Crippen molar-refractivity contribution in [3.8, 4) is 12.3 Å². The predicted molar refractivity (Wildman–Crippen MR) is 41.7 cm³/mol. The van der Waals surface area contributed by atoms with Crippen molar-refractivity contribution in [2.45, 2.75) is 0 Å². The molecule has 0 unspecified atom stereocenters. The second kappa shape index (κ2) is 5.24. The van der Waals surface area contributed by atoms with E-state index in [9.17, 15) is 9.59 Å². The molecule has 11 heavy (non-hydrogen) atoms. The summed E-state index contributed by atoms with van der Waals surface area (Å²) < 4.78 is 0. The van der Waals surface area contributed by atoms with Gasteiger partial charge in [-0.05, 0) is 6.08 Å². The van der Waals surface area contributed by atoms with Gasteiger partial charge in [0.15, 0.2) is 0 Å². The number of nitrogens with zero attached hydrogens (tertiary/aromatic N) is 1. The number of hydrogen-bond donors (Lipinski definition) is 0. The molecule has 0 bridgehead atoms. The van der Waals surface area contributed by atoms with E-state index < -0.39 is 0 Å². The maximum absolute atomic E-state index is 10.9. The van der Waals surface area contributed by atoms with E-state index in [1.165, 1.54) is 11.0 Å². The highest BCUT2D eigenvalue weighted by molar-refractivity contribution is 5.90. The van der Waals surface area contributed by atoms with Crippen LogP contribution >= 0.6 is 0 Å². The first-order chi connectivity index (χ1) is 5.22. The van der Waals surface area contributed by atoms with E-state index in [0.29, 0.717) is 6.29 Å². The molecule has 0 radical (unpaired) electrons. The number of aldehydes is 1. The molecular weight excluding hydrogens is 142 g/mol. The normalized spacial score (nSPS) is 9.09. The van der Waals surface area contributed by atoms with Gasteiger partial charge in [-0.1, -0.05) is 5.92 Å². The molecule has 1 amide bonds. The van der Waals surface area contributed by atoms with E-state index in [-0.39, 0.29) is 12.5 Å². The minimum atomic E-state index is -0.268. The Balaban J connectivity index is 3.94. The number of allylic oxidation sites excluding steroid dienone is 1. The summed E-state index contributed by atoms with van der Waals surface area (Å²) in [7, 11) is 1.57. The van der Waals surface area contributed by atoms with Gasteiger partial charge in [-0.15, -0.1) is 6.42 Å². The van der Waals surface area contributed by atoms with Crippen LogP contribution in [0.2, 0.25) is 0 Å². The van der Waals surface area contributed by atoms with Crippen LogP contribution < -0.4 is 0 Å². The van der Waals surface area contributed by atoms with Crippen molar-refractivity contribution in [3.05, 3.63) is 12.2 Å². The monoisotopic (exact) mass is 151 g/mol. The zero-order valence-electron chi connectivity index (χ0n) is 6.28. The standard InChI is InChI=1S/C8H9NO2/c1-3-6-9(2)8(11)5-4-7-10/h1,4-5,7H,6H2,2H3/b5-4-. The minimum Gasteiger partial charge on any atom is -0.331 e. The van der Waals surface area contributed by atoms with Crippen molar-refractivity contribution in [2.75, 3.05) is 13.6 Å². The van der Waals surface area contributed by atoms with Gasteiger partial charge in [0.1, 0.15) is 6.29 Å². The second-order valence-electron chi connectivity index (χ2n) is 1.89. The molecule has 0 N–H and O–H groups in total. The lowest BCUT2D eigenvalue weighted by atomic mass is 10.4. The summed E-state index contributed by atoms with van der Waals surface area (Å²) in [6.07, 6.45) is 7.81. The van der Waals surface area contributed by atoms with E-state index in [2.05, 4.69) is 5.92 Å². The highest BCUT2D eigenvalue weighted by Gasteiger charge is 2.00. The molecule has 0 aliphatic carbocycles. The van der Waals surface area contributed by atoms with Gasteiger partial charge in [-0.2, -0.15) is 0 Å². The average molecular weight is 151 g/mol. The van der Waals surface area contributed by atoms with Crippen LogP contribution in [0.5, 0.6) is 0 Å². The Hall–Kier alpha value is -1.56. The molecular formula is C8H9NO2. The van der Waals surface area contributed by atoms with Crippen LogP contribution in [-0.4, -0.2) is 30.7 Å². The molecule has 0 saturated heterocycles. The van der Waals surface area contributed by atoms with Gasteiger partial charge in [0.25, 0.3) is 0 Å². The molecule has 3 heteroatoms. The van der Waals surface area contributed by atoms with E-state index in [1.54, 1.807) is 7.05 Å². The molecule has 0 aromatic carbocycles. The van der Waals surface area contributed by atoms with Gasteiger partial charge in [0, 0.05) is 13.1 Å². The summed E-state index contributed by atoms with van der Waals surface area (Å²) in [6.45, 7) is 0.252. The van der Waals surface area contributed by atoms with Crippen LogP contribution in [0.3, 0.4) is 0 Å². The maximum Gasteiger partial charge on any atom is 0.247 e. The van der Waals surface area contributed by atoms with Gasteiger partial charge in [-0.3, -0.25) is 9.59 Å². The number of rotatable bonds is 3. The number of hydrogen-bond acceptors (Lipinski definition) is 2. The highest BCUT2D eigenvalue weighted by atomic mass is 16.2. The topological polar surface area (TPSA) is 37.4 Å². The second-order valence-corrected chi connectivity index (χ2v) is 1.89. The van der Waals surface area contributed by atoms with Crippen molar-refractivity contribution in [2.24, 2.45) is 0 Å². The predicted octanol–water partition coefficient (Wildman–Crippen LogP) is -0.167. The molecule has 0 atom stereocenters. The average Bonchev–Trinajstić information content (AvgIpc) is 2.00. The molecule has 0 heterocycles. The fraction of sp³-hybridized carbons (Fsp3) is 0.250. The third-order valence-electron chi connectivity index (χ3n) is 1.02. The first kappa shape index (κ1) is 9.44. The molecule has 0 saturated carbocycles. The zero-order chi connectivity index (χ0) is 8.69. The molecule has 0 aromatic heterocycles. The summed E-state index contributed by atoms with van der Waals surface area (Å²) in [5, 5.41) is 0. The van der Waals surface area contributed by atoms with Crippen molar-refractivity contribution in [1.29, 1.82) is 0 Å². The smallest absolute Gasteiger partial charge is 0.247 e.